The molecule has 7 heteroatoms. The van der Waals surface area contributed by atoms with Crippen molar-refractivity contribution >= 4 is 11.8 Å². The molecular weight excluding hydrogens is 418 g/mol. The molecule has 1 fully saturated rings. The van der Waals surface area contributed by atoms with Crippen LogP contribution in [0.5, 0.6) is 11.5 Å². The molecule has 0 spiro atoms. The van der Waals surface area contributed by atoms with E-state index < -0.39 is 6.04 Å². The topological polar surface area (TPSA) is 90.9 Å². The summed E-state index contributed by atoms with van der Waals surface area (Å²) in [5, 5.41) is 16.2. The van der Waals surface area contributed by atoms with Crippen LogP contribution in [0.25, 0.3) is 0 Å². The molecule has 0 bridgehead atoms. The maximum absolute atomic E-state index is 12.9. The van der Waals surface area contributed by atoms with Crippen LogP contribution < -0.4 is 15.4 Å². The molecule has 1 aliphatic carbocycles. The Bertz CT molecular complexity index is 760. The second-order valence-corrected chi connectivity index (χ2v) is 9.45. The molecule has 1 saturated carbocycles. The number of carbonyl (C=O) groups excluding carboxylic acids is 2. The lowest BCUT2D eigenvalue weighted by molar-refractivity contribution is -0.123. The van der Waals surface area contributed by atoms with Gasteiger partial charge in [0.1, 0.15) is 6.04 Å². The minimum Gasteiger partial charge on any atom is -0.504 e. The number of aromatic hydroxyl groups is 1. The van der Waals surface area contributed by atoms with E-state index in [0.29, 0.717) is 30.9 Å². The smallest absolute Gasteiger partial charge is 0.252 e. The normalized spacial score (nSPS) is 15.9. The molecule has 1 unspecified atom stereocenters. The maximum atomic E-state index is 12.9. The number of carbonyl (C=O) groups is 2. The maximum Gasteiger partial charge on any atom is 0.252 e. The van der Waals surface area contributed by atoms with Crippen LogP contribution in [-0.2, 0) is 4.79 Å². The van der Waals surface area contributed by atoms with Crippen LogP contribution in [0, 0.1) is 0 Å². The Morgan fingerprint density at radius 3 is 2.45 bits per heavy atom. The number of nitrogens with one attached hydrogen (secondary N) is 2. The molecule has 1 atom stereocenters. The minimum absolute atomic E-state index is 0.00536. The van der Waals surface area contributed by atoms with Gasteiger partial charge in [-0.2, -0.15) is 0 Å². The van der Waals surface area contributed by atoms with Crippen molar-refractivity contribution in [3.8, 4) is 11.5 Å². The summed E-state index contributed by atoms with van der Waals surface area (Å²) in [7, 11) is 4.13. The second-order valence-electron chi connectivity index (χ2n) is 9.45. The van der Waals surface area contributed by atoms with E-state index in [1.165, 1.54) is 18.9 Å². The molecule has 1 aromatic rings. The molecule has 2 rings (SSSR count). The Kier molecular flexibility index (Phi) is 11.0. The zero-order valence-electron chi connectivity index (χ0n) is 20.9. The monoisotopic (exact) mass is 461 g/mol. The number of likely N-dealkylation sites (N-methyl/N-ethyl adjacent to an activating group) is 1. The summed E-state index contributed by atoms with van der Waals surface area (Å²) in [6.07, 6.45) is 10.1. The second kappa shape index (κ2) is 13.4. The lowest BCUT2D eigenvalue weighted by atomic mass is 9.95. The van der Waals surface area contributed by atoms with Crippen molar-refractivity contribution in [3.05, 3.63) is 23.8 Å². The molecule has 1 aliphatic rings. The fourth-order valence-electron chi connectivity index (χ4n) is 4.48. The Hall–Kier alpha value is -2.28. The fraction of sp³-hybridized carbons (Fsp3) is 0.692. The molecule has 186 valence electrons. The van der Waals surface area contributed by atoms with Gasteiger partial charge in [0.05, 0.1) is 6.61 Å². The van der Waals surface area contributed by atoms with Crippen molar-refractivity contribution in [2.75, 3.05) is 27.2 Å². The Labute approximate surface area is 199 Å². The molecule has 0 aliphatic heterocycles. The number of phenols is 1. The molecule has 33 heavy (non-hydrogen) atoms. The van der Waals surface area contributed by atoms with E-state index >= 15 is 0 Å². The molecule has 0 saturated heterocycles. The first-order valence-electron chi connectivity index (χ1n) is 12.5. The molecule has 0 aromatic heterocycles. The SMILES string of the molecule is CCCCCCOc1ccc(C(=O)NC(CCC)C(=O)NCC2(N(C)C)CCCC2)cc1O. The van der Waals surface area contributed by atoms with Gasteiger partial charge < -0.3 is 25.4 Å². The van der Waals surface area contributed by atoms with Gasteiger partial charge in [-0.25, -0.2) is 0 Å². The van der Waals surface area contributed by atoms with Crippen molar-refractivity contribution in [2.24, 2.45) is 0 Å². The zero-order valence-corrected chi connectivity index (χ0v) is 20.9. The summed E-state index contributed by atoms with van der Waals surface area (Å²) in [4.78, 5) is 27.9. The lowest BCUT2D eigenvalue weighted by Gasteiger charge is -2.37. The number of hydrogen-bond acceptors (Lipinski definition) is 5. The van der Waals surface area contributed by atoms with Crippen molar-refractivity contribution < 1.29 is 19.4 Å². The van der Waals surface area contributed by atoms with E-state index in [-0.39, 0.29) is 23.1 Å². The Morgan fingerprint density at radius 1 is 1.12 bits per heavy atom. The quantitative estimate of drug-likeness (QED) is 0.361. The molecule has 0 radical (unpaired) electrons. The van der Waals surface area contributed by atoms with Gasteiger partial charge >= 0.3 is 0 Å². The number of hydrogen-bond donors (Lipinski definition) is 3. The number of unbranched alkanes of at least 4 members (excludes halogenated alkanes) is 3. The number of amides is 2. The van der Waals surface area contributed by atoms with Gasteiger partial charge in [-0.1, -0.05) is 52.4 Å². The number of phenolic OH excluding ortho intramolecular Hbond substituents is 1. The molecule has 7 nitrogen and oxygen atoms in total. The van der Waals surface area contributed by atoms with Crippen molar-refractivity contribution in [1.29, 1.82) is 0 Å². The summed E-state index contributed by atoms with van der Waals surface area (Å²) < 4.78 is 5.64. The van der Waals surface area contributed by atoms with Crippen LogP contribution in [0.1, 0.15) is 88.4 Å². The predicted molar refractivity (Wildman–Crippen MR) is 132 cm³/mol. The average molecular weight is 462 g/mol. The van der Waals surface area contributed by atoms with Crippen LogP contribution in [0.3, 0.4) is 0 Å². The highest BCUT2D eigenvalue weighted by atomic mass is 16.5. The number of ether oxygens (including phenoxy) is 1. The van der Waals surface area contributed by atoms with Crippen LogP contribution in [0.2, 0.25) is 0 Å². The van der Waals surface area contributed by atoms with E-state index in [1.807, 2.05) is 6.92 Å². The minimum atomic E-state index is -0.611. The number of benzene rings is 1. The van der Waals surface area contributed by atoms with E-state index in [4.69, 9.17) is 4.74 Å². The average Bonchev–Trinajstić information content (AvgIpc) is 3.28. The van der Waals surface area contributed by atoms with Gasteiger partial charge in [0.2, 0.25) is 5.91 Å². The van der Waals surface area contributed by atoms with E-state index in [9.17, 15) is 14.7 Å². The zero-order chi connectivity index (χ0) is 24.3. The largest absolute Gasteiger partial charge is 0.504 e. The van der Waals surface area contributed by atoms with Crippen LogP contribution in [0.15, 0.2) is 18.2 Å². The van der Waals surface area contributed by atoms with Crippen molar-refractivity contribution in [1.82, 2.24) is 15.5 Å². The van der Waals surface area contributed by atoms with Crippen molar-refractivity contribution in [3.63, 3.8) is 0 Å². The van der Waals surface area contributed by atoms with Gasteiger partial charge in [0, 0.05) is 17.6 Å². The van der Waals surface area contributed by atoms with Crippen molar-refractivity contribution in [2.45, 2.75) is 89.6 Å². The summed E-state index contributed by atoms with van der Waals surface area (Å²) in [5.41, 5.74) is 0.300. The highest BCUT2D eigenvalue weighted by molar-refractivity contribution is 5.98. The first-order chi connectivity index (χ1) is 15.8. The van der Waals surface area contributed by atoms with Gasteiger partial charge in [-0.05, 0) is 58.0 Å². The number of nitrogens with zero attached hydrogens (tertiary/aromatic N) is 1. The fourth-order valence-corrected chi connectivity index (χ4v) is 4.48. The first kappa shape index (κ1) is 27.0. The van der Waals surface area contributed by atoms with Crippen LogP contribution >= 0.6 is 0 Å². The van der Waals surface area contributed by atoms with Crippen LogP contribution in [0.4, 0.5) is 0 Å². The lowest BCUT2D eigenvalue weighted by Crippen LogP contribution is -2.54. The van der Waals surface area contributed by atoms with Gasteiger partial charge in [-0.15, -0.1) is 0 Å². The molecule has 1 aromatic carbocycles. The Balaban J connectivity index is 1.94. The van der Waals surface area contributed by atoms with Crippen LogP contribution in [-0.4, -0.2) is 60.6 Å². The van der Waals surface area contributed by atoms with E-state index in [0.717, 1.165) is 44.9 Å². The third-order valence-corrected chi connectivity index (χ3v) is 6.75. The Morgan fingerprint density at radius 2 is 1.85 bits per heavy atom. The predicted octanol–water partition coefficient (Wildman–Crippen LogP) is 4.24. The summed E-state index contributed by atoms with van der Waals surface area (Å²) in [6.45, 7) is 5.26. The third kappa shape index (κ3) is 7.91. The summed E-state index contributed by atoms with van der Waals surface area (Å²) >= 11 is 0. The summed E-state index contributed by atoms with van der Waals surface area (Å²) in [5.74, 6) is -0.230. The van der Waals surface area contributed by atoms with Gasteiger partial charge in [0.25, 0.3) is 5.91 Å². The molecular formula is C26H43N3O4. The highest BCUT2D eigenvalue weighted by Gasteiger charge is 2.36. The summed E-state index contributed by atoms with van der Waals surface area (Å²) in [6, 6.07) is 4.02. The molecule has 0 heterocycles. The molecule has 3 N–H and O–H groups in total. The van der Waals surface area contributed by atoms with Gasteiger partial charge in [0.15, 0.2) is 11.5 Å². The third-order valence-electron chi connectivity index (χ3n) is 6.75. The first-order valence-corrected chi connectivity index (χ1v) is 12.5. The molecule has 2 amide bonds. The highest BCUT2D eigenvalue weighted by Crippen LogP contribution is 2.33. The van der Waals surface area contributed by atoms with Gasteiger partial charge in [-0.3, -0.25) is 9.59 Å². The number of rotatable bonds is 14. The van der Waals surface area contributed by atoms with E-state index in [2.05, 4.69) is 36.6 Å². The van der Waals surface area contributed by atoms with E-state index in [1.54, 1.807) is 12.1 Å². The standard InChI is InChI=1S/C26H43N3O4/c1-5-7-8-11-17-33-23-14-13-20(18-22(23)30)24(31)28-21(12-6-2)25(32)27-19-26(29(3)4)15-9-10-16-26/h13-14,18,21,30H,5-12,15-17,19H2,1-4H3,(H,27,32)(H,28,31).